The standard InChI is InChI=1S/C50H84N4O17/c1-8-10-12-14-16-18-20-22-24-26-30-51-49(61)70-43-40(34-65-47(63-7)45(68-38(6)58)42(67-37(5)57)39(66-36(4)56)29-33-64-35(3)55)69-46(54-32-28-41(59)53-48(54)60)44(43)71-50(62)52-31-27-25-23-21-19-17-15-13-11-9-2/h28,32,39-40,42-47H,8-27,29-31,33-34H2,1-7H3,(H,51,61)(H,52,62)(H,53,59,60)/t39-,40-,42?,43?,44+,45+,46-,47+/m1/s1. The molecule has 0 aromatic carbocycles. The first-order chi connectivity index (χ1) is 34.1. The number of carbonyl (C=O) groups is 6. The molecular formula is C50H84N4O17. The maximum absolute atomic E-state index is 13.6. The molecule has 2 heterocycles. The Morgan fingerprint density at radius 3 is 1.55 bits per heavy atom. The molecule has 71 heavy (non-hydrogen) atoms. The first-order valence-electron chi connectivity index (χ1n) is 25.8. The van der Waals surface area contributed by atoms with Crippen molar-refractivity contribution < 1.29 is 71.4 Å². The first kappa shape index (κ1) is 62.1. The highest BCUT2D eigenvalue weighted by Crippen LogP contribution is 2.34. The Labute approximate surface area is 418 Å². The molecule has 406 valence electrons. The lowest BCUT2D eigenvalue weighted by Gasteiger charge is -2.35. The summed E-state index contributed by atoms with van der Waals surface area (Å²) in [7, 11) is 1.18. The van der Waals surface area contributed by atoms with E-state index in [1.807, 2.05) is 0 Å². The van der Waals surface area contributed by atoms with Crippen molar-refractivity contribution in [1.29, 1.82) is 0 Å². The molecule has 0 saturated carbocycles. The zero-order chi connectivity index (χ0) is 52.4. The smallest absolute Gasteiger partial charge is 0.407 e. The van der Waals surface area contributed by atoms with Crippen molar-refractivity contribution in [3.63, 3.8) is 0 Å². The summed E-state index contributed by atoms with van der Waals surface area (Å²) in [6.07, 6.45) is 8.84. The Bertz CT molecular complexity index is 1820. The highest BCUT2D eigenvalue weighted by molar-refractivity contribution is 5.69. The molecule has 1 aromatic heterocycles. The monoisotopic (exact) mass is 1010 g/mol. The lowest BCUT2D eigenvalue weighted by Crippen LogP contribution is -2.53. The van der Waals surface area contributed by atoms with Crippen LogP contribution in [-0.4, -0.2) is 122 Å². The van der Waals surface area contributed by atoms with Gasteiger partial charge in [-0.3, -0.25) is 33.5 Å². The zero-order valence-electron chi connectivity index (χ0n) is 43.3. The summed E-state index contributed by atoms with van der Waals surface area (Å²) in [5, 5.41) is 5.48. The van der Waals surface area contributed by atoms with Crippen LogP contribution in [0.2, 0.25) is 0 Å². The van der Waals surface area contributed by atoms with Crippen molar-refractivity contribution in [2.75, 3.05) is 33.4 Å². The summed E-state index contributed by atoms with van der Waals surface area (Å²) in [6.45, 7) is 8.46. The molecule has 3 N–H and O–H groups in total. The fourth-order valence-corrected chi connectivity index (χ4v) is 8.22. The Hall–Kier alpha value is -5.02. The lowest BCUT2D eigenvalue weighted by atomic mass is 10.0. The number of alkyl carbamates (subject to hydrolysis) is 2. The summed E-state index contributed by atoms with van der Waals surface area (Å²) in [4.78, 5) is 104. The van der Waals surface area contributed by atoms with E-state index in [1.165, 1.54) is 78.2 Å². The molecule has 0 aliphatic carbocycles. The van der Waals surface area contributed by atoms with Gasteiger partial charge in [0, 0.05) is 66.6 Å². The Balaban J connectivity index is 2.42. The molecule has 1 fully saturated rings. The van der Waals surface area contributed by atoms with Crippen LogP contribution in [0.5, 0.6) is 0 Å². The van der Waals surface area contributed by atoms with Gasteiger partial charge in [-0.2, -0.15) is 0 Å². The summed E-state index contributed by atoms with van der Waals surface area (Å²) in [5.74, 6) is -3.20. The van der Waals surface area contributed by atoms with Crippen LogP contribution in [0, 0.1) is 0 Å². The van der Waals surface area contributed by atoms with Crippen LogP contribution in [-0.2, 0) is 61.8 Å². The third-order valence-electron chi connectivity index (χ3n) is 11.7. The second kappa shape index (κ2) is 36.8. The van der Waals surface area contributed by atoms with E-state index >= 15 is 0 Å². The van der Waals surface area contributed by atoms with Gasteiger partial charge in [-0.1, -0.05) is 129 Å². The molecule has 21 heteroatoms. The molecule has 2 amide bonds. The number of aromatic nitrogens is 2. The zero-order valence-corrected chi connectivity index (χ0v) is 43.3. The number of aromatic amines is 1. The number of nitrogens with zero attached hydrogens (tertiary/aromatic N) is 1. The molecule has 0 radical (unpaired) electrons. The van der Waals surface area contributed by atoms with Crippen LogP contribution >= 0.6 is 0 Å². The molecule has 8 atom stereocenters. The highest BCUT2D eigenvalue weighted by atomic mass is 16.7. The summed E-state index contributed by atoms with van der Waals surface area (Å²) < 4.78 is 52.6. The van der Waals surface area contributed by atoms with Crippen molar-refractivity contribution in [2.24, 2.45) is 0 Å². The molecule has 2 rings (SSSR count). The fraction of sp³-hybridized carbons (Fsp3) is 0.800. The number of hydrogen-bond donors (Lipinski definition) is 3. The van der Waals surface area contributed by atoms with Gasteiger partial charge in [-0.15, -0.1) is 0 Å². The summed E-state index contributed by atoms with van der Waals surface area (Å²) in [6, 6.07) is 1.06. The Morgan fingerprint density at radius 2 is 1.10 bits per heavy atom. The summed E-state index contributed by atoms with van der Waals surface area (Å²) in [5.41, 5.74) is -1.64. The molecule has 1 aliphatic heterocycles. The van der Waals surface area contributed by atoms with Crippen LogP contribution in [0.25, 0.3) is 0 Å². The topological polar surface area (TPSA) is 264 Å². The van der Waals surface area contributed by atoms with E-state index in [0.29, 0.717) is 12.8 Å². The van der Waals surface area contributed by atoms with E-state index in [2.05, 4.69) is 29.5 Å². The van der Waals surface area contributed by atoms with E-state index in [9.17, 15) is 38.4 Å². The van der Waals surface area contributed by atoms with Gasteiger partial charge in [0.05, 0.1) is 13.2 Å². The third kappa shape index (κ3) is 26.3. The van der Waals surface area contributed by atoms with Gasteiger partial charge < -0.3 is 53.3 Å². The van der Waals surface area contributed by atoms with Crippen molar-refractivity contribution >= 4 is 36.1 Å². The van der Waals surface area contributed by atoms with Gasteiger partial charge in [0.25, 0.3) is 5.56 Å². The van der Waals surface area contributed by atoms with Gasteiger partial charge in [-0.25, -0.2) is 14.4 Å². The van der Waals surface area contributed by atoms with Crippen LogP contribution in [0.1, 0.15) is 183 Å². The van der Waals surface area contributed by atoms with Crippen molar-refractivity contribution in [3.8, 4) is 0 Å². The molecule has 21 nitrogen and oxygen atoms in total. The highest BCUT2D eigenvalue weighted by Gasteiger charge is 2.52. The van der Waals surface area contributed by atoms with Crippen LogP contribution < -0.4 is 21.9 Å². The first-order valence-corrected chi connectivity index (χ1v) is 25.8. The predicted octanol–water partition coefficient (Wildman–Crippen LogP) is 7.20. The molecule has 0 bridgehead atoms. The quantitative estimate of drug-likeness (QED) is 0.0256. The SMILES string of the molecule is CCCCCCCCCCCCNC(=O)OC1[C@@H](CO[C@H](OC)[C@@H](OC(C)=O)C(OC(C)=O)[C@@H](CCOC(C)=O)OC(C)=O)O[C@@H](n2ccc(=O)[nH]c2=O)[C@H]1OC(=O)NCCCCCCCCCCCC. The number of amides is 2. The van der Waals surface area contributed by atoms with Crippen LogP contribution in [0.4, 0.5) is 9.59 Å². The second-order valence-corrected chi connectivity index (χ2v) is 17.9. The predicted molar refractivity (Wildman–Crippen MR) is 260 cm³/mol. The average molecular weight is 1010 g/mol. The largest absolute Gasteiger partial charge is 0.466 e. The lowest BCUT2D eigenvalue weighted by molar-refractivity contribution is -0.244. The number of H-pyrrole nitrogens is 1. The Kier molecular flexibility index (Phi) is 32.2. The summed E-state index contributed by atoms with van der Waals surface area (Å²) >= 11 is 0. The minimum atomic E-state index is -1.66. The van der Waals surface area contributed by atoms with Crippen LogP contribution in [0.3, 0.4) is 0 Å². The number of carbonyl (C=O) groups excluding carboxylic acids is 6. The minimum absolute atomic E-state index is 0.211. The van der Waals surface area contributed by atoms with Crippen molar-refractivity contribution in [1.82, 2.24) is 20.2 Å². The van der Waals surface area contributed by atoms with Gasteiger partial charge in [-0.05, 0) is 12.8 Å². The molecule has 1 aromatic rings. The number of hydrogen-bond acceptors (Lipinski definition) is 17. The van der Waals surface area contributed by atoms with E-state index in [4.69, 9.17) is 42.6 Å². The molecular weight excluding hydrogens is 929 g/mol. The van der Waals surface area contributed by atoms with Gasteiger partial charge in [0.2, 0.25) is 0 Å². The number of rotatable bonds is 38. The van der Waals surface area contributed by atoms with Crippen molar-refractivity contribution in [3.05, 3.63) is 33.1 Å². The van der Waals surface area contributed by atoms with E-state index in [1.54, 1.807) is 0 Å². The minimum Gasteiger partial charge on any atom is -0.466 e. The van der Waals surface area contributed by atoms with E-state index in [-0.39, 0.29) is 26.1 Å². The van der Waals surface area contributed by atoms with Gasteiger partial charge in [0.15, 0.2) is 36.9 Å². The van der Waals surface area contributed by atoms with E-state index < -0.39 is 103 Å². The molecule has 1 saturated heterocycles. The van der Waals surface area contributed by atoms with Crippen molar-refractivity contribution in [2.45, 2.75) is 226 Å². The number of esters is 4. The van der Waals surface area contributed by atoms with Crippen LogP contribution in [0.15, 0.2) is 21.9 Å². The maximum Gasteiger partial charge on any atom is 0.407 e. The van der Waals surface area contributed by atoms with Gasteiger partial charge >= 0.3 is 41.8 Å². The third-order valence-corrected chi connectivity index (χ3v) is 11.7. The van der Waals surface area contributed by atoms with Gasteiger partial charge in [0.1, 0.15) is 12.2 Å². The number of nitrogens with one attached hydrogen (secondary N) is 3. The number of unbranched alkanes of at least 4 members (excludes halogenated alkanes) is 18. The Morgan fingerprint density at radius 1 is 0.634 bits per heavy atom. The molecule has 1 aliphatic rings. The molecule has 0 spiro atoms. The van der Waals surface area contributed by atoms with E-state index in [0.717, 1.165) is 89.0 Å². The maximum atomic E-state index is 13.6. The average Bonchev–Trinajstić information content (AvgIpc) is 3.62. The molecule has 2 unspecified atom stereocenters. The second-order valence-electron chi connectivity index (χ2n) is 17.9. The number of methoxy groups -OCH3 is 1. The number of ether oxygens (including phenoxy) is 9. The fourth-order valence-electron chi connectivity index (χ4n) is 8.22. The normalized spacial score (nSPS) is 18.1.